The van der Waals surface area contributed by atoms with E-state index in [9.17, 15) is 4.79 Å². The maximum Gasteiger partial charge on any atom is 0.257 e. The summed E-state index contributed by atoms with van der Waals surface area (Å²) in [6, 6.07) is 0.110. The Kier molecular flexibility index (Phi) is 4.34. The van der Waals surface area contributed by atoms with Gasteiger partial charge in [-0.15, -0.1) is 0 Å². The third kappa shape index (κ3) is 3.09. The number of rotatable bonds is 4. The van der Waals surface area contributed by atoms with Gasteiger partial charge < -0.3 is 15.1 Å². The fraction of sp³-hybridized carbons (Fsp3) is 0.615. The lowest BCUT2D eigenvalue weighted by Crippen LogP contribution is -2.31. The quantitative estimate of drug-likeness (QED) is 0.873. The summed E-state index contributed by atoms with van der Waals surface area (Å²) in [5.74, 6) is 1.52. The zero-order valence-electron chi connectivity index (χ0n) is 11.3. The normalized spacial score (nSPS) is 12.6. The smallest absolute Gasteiger partial charge is 0.257 e. The van der Waals surface area contributed by atoms with E-state index < -0.39 is 0 Å². The van der Waals surface area contributed by atoms with Gasteiger partial charge in [0.05, 0.1) is 5.56 Å². The van der Waals surface area contributed by atoms with Crippen molar-refractivity contribution >= 4 is 5.91 Å². The number of amides is 1. The van der Waals surface area contributed by atoms with E-state index in [-0.39, 0.29) is 11.9 Å². The van der Waals surface area contributed by atoms with Gasteiger partial charge >= 0.3 is 0 Å². The summed E-state index contributed by atoms with van der Waals surface area (Å²) < 4.78 is 5.47. The fourth-order valence-corrected chi connectivity index (χ4v) is 1.80. The monoisotopic (exact) mass is 238 g/mol. The first kappa shape index (κ1) is 13.8. The van der Waals surface area contributed by atoms with Crippen LogP contribution in [0.1, 0.15) is 40.8 Å². The van der Waals surface area contributed by atoms with Gasteiger partial charge in [0.25, 0.3) is 5.91 Å². The van der Waals surface area contributed by atoms with E-state index in [1.165, 1.54) is 0 Å². The van der Waals surface area contributed by atoms with Crippen molar-refractivity contribution in [3.8, 4) is 0 Å². The van der Waals surface area contributed by atoms with Crippen molar-refractivity contribution in [1.82, 2.24) is 4.90 Å². The Labute approximate surface area is 103 Å². The van der Waals surface area contributed by atoms with Crippen molar-refractivity contribution in [2.45, 2.75) is 40.2 Å². The number of aryl methyl sites for hydroxylation is 2. The standard InChI is InChI=1S/C13H22N2O2/c1-8(14)6-7-15(5)13(16)12-9(2)10(3)17-11(12)4/h8H,6-7,14H2,1-5H3. The van der Waals surface area contributed by atoms with Gasteiger partial charge in [-0.3, -0.25) is 4.79 Å². The molecule has 0 saturated carbocycles. The van der Waals surface area contributed by atoms with Crippen LogP contribution in [0.4, 0.5) is 0 Å². The molecule has 0 radical (unpaired) electrons. The highest BCUT2D eigenvalue weighted by Crippen LogP contribution is 2.22. The average Bonchev–Trinajstić information content (AvgIpc) is 2.49. The fourth-order valence-electron chi connectivity index (χ4n) is 1.80. The molecule has 0 spiro atoms. The van der Waals surface area contributed by atoms with Crippen LogP contribution in [-0.2, 0) is 0 Å². The van der Waals surface area contributed by atoms with Crippen molar-refractivity contribution < 1.29 is 9.21 Å². The van der Waals surface area contributed by atoms with Crippen molar-refractivity contribution in [3.63, 3.8) is 0 Å². The molecular formula is C13H22N2O2. The molecule has 1 rings (SSSR count). The third-order valence-corrected chi connectivity index (χ3v) is 3.04. The van der Waals surface area contributed by atoms with Crippen molar-refractivity contribution in [3.05, 3.63) is 22.6 Å². The number of hydrogen-bond donors (Lipinski definition) is 1. The van der Waals surface area contributed by atoms with Gasteiger partial charge in [-0.2, -0.15) is 0 Å². The molecule has 1 aromatic heterocycles. The van der Waals surface area contributed by atoms with Gasteiger partial charge in [0, 0.05) is 25.2 Å². The highest BCUT2D eigenvalue weighted by atomic mass is 16.3. The van der Waals surface area contributed by atoms with Gasteiger partial charge in [0.1, 0.15) is 11.5 Å². The Morgan fingerprint density at radius 2 is 1.94 bits per heavy atom. The van der Waals surface area contributed by atoms with Gasteiger partial charge in [-0.25, -0.2) is 0 Å². The second kappa shape index (κ2) is 5.36. The zero-order chi connectivity index (χ0) is 13.2. The average molecular weight is 238 g/mol. The number of nitrogens with two attached hydrogens (primary N) is 1. The minimum atomic E-state index is 0.0116. The third-order valence-electron chi connectivity index (χ3n) is 3.04. The van der Waals surface area contributed by atoms with Crippen molar-refractivity contribution in [2.24, 2.45) is 5.73 Å². The van der Waals surface area contributed by atoms with Crippen LogP contribution in [0.3, 0.4) is 0 Å². The van der Waals surface area contributed by atoms with Crippen LogP contribution in [0.25, 0.3) is 0 Å². The molecule has 4 nitrogen and oxygen atoms in total. The first-order chi connectivity index (χ1) is 7.84. The summed E-state index contributed by atoms with van der Waals surface area (Å²) in [5, 5.41) is 0. The lowest BCUT2D eigenvalue weighted by Gasteiger charge is -2.18. The van der Waals surface area contributed by atoms with Gasteiger partial charge in [0.2, 0.25) is 0 Å². The van der Waals surface area contributed by atoms with Crippen molar-refractivity contribution in [1.29, 1.82) is 0 Å². The Bertz CT molecular complexity index is 408. The summed E-state index contributed by atoms with van der Waals surface area (Å²) in [4.78, 5) is 13.9. The van der Waals surface area contributed by atoms with Crippen LogP contribution in [0.2, 0.25) is 0 Å². The van der Waals surface area contributed by atoms with Crippen LogP contribution in [0.15, 0.2) is 4.42 Å². The minimum Gasteiger partial charge on any atom is -0.466 e. The van der Waals surface area contributed by atoms with Crippen LogP contribution in [0.5, 0.6) is 0 Å². The molecule has 0 aliphatic heterocycles. The number of carbonyl (C=O) groups excluding carboxylic acids is 1. The van der Waals surface area contributed by atoms with Gasteiger partial charge in [-0.05, 0) is 34.1 Å². The molecule has 1 unspecified atom stereocenters. The Morgan fingerprint density at radius 1 is 1.35 bits per heavy atom. The summed E-state index contributed by atoms with van der Waals surface area (Å²) in [6.45, 7) is 8.22. The highest BCUT2D eigenvalue weighted by molar-refractivity contribution is 5.96. The molecule has 0 aliphatic carbocycles. The van der Waals surface area contributed by atoms with Crippen LogP contribution in [-0.4, -0.2) is 30.4 Å². The maximum absolute atomic E-state index is 12.2. The first-order valence-corrected chi connectivity index (χ1v) is 5.92. The molecule has 1 atom stereocenters. The van der Waals surface area contributed by atoms with Crippen LogP contribution >= 0.6 is 0 Å². The lowest BCUT2D eigenvalue weighted by molar-refractivity contribution is 0.0789. The summed E-state index contributed by atoms with van der Waals surface area (Å²) in [7, 11) is 1.80. The summed E-state index contributed by atoms with van der Waals surface area (Å²) >= 11 is 0. The van der Waals surface area contributed by atoms with Crippen molar-refractivity contribution in [2.75, 3.05) is 13.6 Å². The Morgan fingerprint density at radius 3 is 2.35 bits per heavy atom. The molecule has 0 bridgehead atoms. The predicted octanol–water partition coefficient (Wildman–Crippen LogP) is 2.01. The summed E-state index contributed by atoms with van der Waals surface area (Å²) in [5.41, 5.74) is 7.31. The molecule has 96 valence electrons. The molecule has 1 amide bonds. The van der Waals surface area contributed by atoms with E-state index in [4.69, 9.17) is 10.2 Å². The molecule has 4 heteroatoms. The molecule has 1 heterocycles. The number of furan rings is 1. The molecule has 0 fully saturated rings. The Hall–Kier alpha value is -1.29. The van der Waals surface area contributed by atoms with Crippen LogP contribution in [0, 0.1) is 20.8 Å². The molecule has 0 saturated heterocycles. The Balaban J connectivity index is 2.82. The van der Waals surface area contributed by atoms with E-state index >= 15 is 0 Å². The SMILES string of the molecule is Cc1oc(C)c(C(=O)N(C)CCC(C)N)c1C. The lowest BCUT2D eigenvalue weighted by atomic mass is 10.1. The molecular weight excluding hydrogens is 216 g/mol. The molecule has 0 aliphatic rings. The van der Waals surface area contributed by atoms with E-state index in [1.807, 2.05) is 27.7 Å². The van der Waals surface area contributed by atoms with E-state index in [2.05, 4.69) is 0 Å². The maximum atomic E-state index is 12.2. The second-order valence-corrected chi connectivity index (χ2v) is 4.71. The molecule has 2 N–H and O–H groups in total. The molecule has 0 aromatic carbocycles. The predicted molar refractivity (Wildman–Crippen MR) is 68.1 cm³/mol. The largest absolute Gasteiger partial charge is 0.466 e. The van der Waals surface area contributed by atoms with E-state index in [1.54, 1.807) is 11.9 Å². The van der Waals surface area contributed by atoms with E-state index in [0.29, 0.717) is 17.9 Å². The first-order valence-electron chi connectivity index (χ1n) is 5.92. The van der Waals surface area contributed by atoms with Gasteiger partial charge in [-0.1, -0.05) is 0 Å². The highest BCUT2D eigenvalue weighted by Gasteiger charge is 2.21. The van der Waals surface area contributed by atoms with E-state index in [0.717, 1.165) is 17.7 Å². The summed E-state index contributed by atoms with van der Waals surface area (Å²) in [6.07, 6.45) is 0.803. The number of carbonyl (C=O) groups is 1. The molecule has 1 aromatic rings. The zero-order valence-corrected chi connectivity index (χ0v) is 11.3. The second-order valence-electron chi connectivity index (χ2n) is 4.71. The minimum absolute atomic E-state index is 0.0116. The number of nitrogens with zero attached hydrogens (tertiary/aromatic N) is 1. The van der Waals surface area contributed by atoms with Gasteiger partial charge in [0.15, 0.2) is 0 Å². The molecule has 17 heavy (non-hydrogen) atoms. The van der Waals surface area contributed by atoms with Crippen LogP contribution < -0.4 is 5.73 Å². The number of hydrogen-bond acceptors (Lipinski definition) is 3. The topological polar surface area (TPSA) is 59.5 Å².